The highest BCUT2D eigenvalue weighted by molar-refractivity contribution is 5.98. The quantitative estimate of drug-likeness (QED) is 0.0250. The van der Waals surface area contributed by atoms with Crippen LogP contribution in [0.15, 0.2) is 149 Å². The molecular weight excluding hydrogens is 1080 g/mol. The molecule has 3 N–H and O–H groups in total. The first-order valence-corrected chi connectivity index (χ1v) is 29.9. The summed E-state index contributed by atoms with van der Waals surface area (Å²) < 4.78 is 31.1. The van der Waals surface area contributed by atoms with Crippen LogP contribution in [-0.2, 0) is 47.7 Å². The number of esters is 4. The van der Waals surface area contributed by atoms with Crippen molar-refractivity contribution in [3.05, 3.63) is 165 Å². The molecule has 1 saturated heterocycles. The maximum Gasteiger partial charge on any atom is 0.350 e. The molecule has 15 nitrogen and oxygen atoms in total. The van der Waals surface area contributed by atoms with Gasteiger partial charge in [0.05, 0.1) is 23.7 Å². The summed E-state index contributed by atoms with van der Waals surface area (Å²) in [6, 6.07) is 23.8. The Kier molecular flexibility index (Phi) is 21.5. The number of amides is 1. The maximum absolute atomic E-state index is 15.9. The number of ether oxygens (including phenoxy) is 5. The topological polar surface area (TPSA) is 218 Å². The normalized spacial score (nSPS) is 27.0. The Balaban J connectivity index is 1.26. The summed E-state index contributed by atoms with van der Waals surface area (Å²) in [5.74, 6) is -8.09. The van der Waals surface area contributed by atoms with Crippen molar-refractivity contribution in [1.82, 2.24) is 5.32 Å². The third-order valence-corrected chi connectivity index (χ3v) is 18.2. The lowest BCUT2D eigenvalue weighted by molar-refractivity contribution is -0.339. The van der Waals surface area contributed by atoms with Gasteiger partial charge >= 0.3 is 23.9 Å². The Bertz CT molecular complexity index is 3100. The number of aliphatic hydroxyl groups excluding tert-OH is 1. The molecule has 3 fully saturated rings. The highest BCUT2D eigenvalue weighted by atomic mass is 16.6. The van der Waals surface area contributed by atoms with Gasteiger partial charge in [-0.2, -0.15) is 0 Å². The molecule has 0 spiro atoms. The summed E-state index contributed by atoms with van der Waals surface area (Å²) in [6.45, 7) is 18.9. The van der Waals surface area contributed by atoms with E-state index in [2.05, 4.69) is 57.3 Å². The molecule has 0 aromatic heterocycles. The van der Waals surface area contributed by atoms with Gasteiger partial charge in [0.25, 0.3) is 5.91 Å². The molecule has 1 heterocycles. The summed E-state index contributed by atoms with van der Waals surface area (Å²) in [4.78, 5) is 102. The summed E-state index contributed by atoms with van der Waals surface area (Å²) >= 11 is 0. The van der Waals surface area contributed by atoms with Crippen molar-refractivity contribution < 1.29 is 67.5 Å². The van der Waals surface area contributed by atoms with E-state index in [0.717, 1.165) is 51.0 Å². The van der Waals surface area contributed by atoms with Crippen LogP contribution in [0.2, 0.25) is 0 Å². The molecule has 456 valence electrons. The number of carbonyl (C=O) groups is 7. The van der Waals surface area contributed by atoms with Gasteiger partial charge in [-0.25, -0.2) is 4.79 Å². The fraction of sp³-hybridized carbons (Fsp3) is 0.500. The predicted molar refractivity (Wildman–Crippen MR) is 322 cm³/mol. The van der Waals surface area contributed by atoms with Gasteiger partial charge in [0.1, 0.15) is 18.2 Å². The number of aliphatic hydroxyl groups is 2. The number of fused-ring (bicyclic) bond motifs is 5. The van der Waals surface area contributed by atoms with Crippen LogP contribution in [0.1, 0.15) is 179 Å². The third kappa shape index (κ3) is 14.6. The molecule has 11 atom stereocenters. The number of nitrogens with one attached hydrogen (secondary N) is 1. The van der Waals surface area contributed by atoms with Crippen molar-refractivity contribution in [2.45, 2.75) is 195 Å². The van der Waals surface area contributed by atoms with Crippen LogP contribution < -0.4 is 5.32 Å². The van der Waals surface area contributed by atoms with Crippen LogP contribution in [0, 0.1) is 22.7 Å². The maximum atomic E-state index is 15.9. The number of hydrogen-bond donors (Lipinski definition) is 3. The number of ketones is 2. The van der Waals surface area contributed by atoms with Gasteiger partial charge in [0.2, 0.25) is 6.10 Å². The minimum absolute atomic E-state index is 0.0590. The largest absolute Gasteiger partial charge is 0.455 e. The van der Waals surface area contributed by atoms with E-state index in [4.69, 9.17) is 23.7 Å². The Hall–Kier alpha value is -7.07. The molecule has 2 bridgehead atoms. The fourth-order valence-corrected chi connectivity index (χ4v) is 13.5. The van der Waals surface area contributed by atoms with Gasteiger partial charge in [-0.15, -0.1) is 0 Å². The van der Waals surface area contributed by atoms with Gasteiger partial charge in [0, 0.05) is 67.9 Å². The van der Waals surface area contributed by atoms with E-state index in [1.54, 1.807) is 112 Å². The number of Topliss-reactive ketones (excluding diaryl/α,β-unsaturated/α-hetero) is 2. The van der Waals surface area contributed by atoms with E-state index in [0.29, 0.717) is 12.0 Å². The van der Waals surface area contributed by atoms with Crippen molar-refractivity contribution in [3.63, 3.8) is 0 Å². The second-order valence-electron chi connectivity index (χ2n) is 24.8. The smallest absolute Gasteiger partial charge is 0.350 e. The average Bonchev–Trinajstić information content (AvgIpc) is 0.875. The molecule has 1 amide bonds. The van der Waals surface area contributed by atoms with Gasteiger partial charge in [-0.3, -0.25) is 28.8 Å². The number of allylic oxidation sites excluding steroid dienone is 8. The molecule has 2 saturated carbocycles. The van der Waals surface area contributed by atoms with E-state index in [9.17, 15) is 34.2 Å². The first-order chi connectivity index (χ1) is 40.2. The Morgan fingerprint density at radius 1 is 0.706 bits per heavy atom. The number of rotatable bonds is 24. The monoisotopic (exact) mass is 1170 g/mol. The fourth-order valence-electron chi connectivity index (χ4n) is 13.5. The van der Waals surface area contributed by atoms with Crippen LogP contribution in [0.3, 0.4) is 0 Å². The Morgan fingerprint density at radius 2 is 1.26 bits per heavy atom. The molecule has 85 heavy (non-hydrogen) atoms. The first kappa shape index (κ1) is 65.5. The van der Waals surface area contributed by atoms with Gasteiger partial charge < -0.3 is 39.2 Å². The molecule has 3 aliphatic carbocycles. The van der Waals surface area contributed by atoms with Crippen molar-refractivity contribution in [1.29, 1.82) is 0 Å². The Morgan fingerprint density at radius 3 is 1.81 bits per heavy atom. The molecule has 3 unspecified atom stereocenters. The van der Waals surface area contributed by atoms with Gasteiger partial charge in [-0.05, 0) is 122 Å². The van der Waals surface area contributed by atoms with E-state index in [1.165, 1.54) is 30.6 Å². The molecule has 4 aliphatic rings. The lowest BCUT2D eigenvalue weighted by Gasteiger charge is -2.68. The molecule has 3 aromatic rings. The summed E-state index contributed by atoms with van der Waals surface area (Å²) in [7, 11) is 0. The van der Waals surface area contributed by atoms with Gasteiger partial charge in [0.15, 0.2) is 23.3 Å². The minimum Gasteiger partial charge on any atom is -0.455 e. The van der Waals surface area contributed by atoms with Crippen LogP contribution >= 0.6 is 0 Å². The molecule has 3 aromatic carbocycles. The average molecular weight is 1170 g/mol. The minimum atomic E-state index is -2.24. The van der Waals surface area contributed by atoms with Crippen molar-refractivity contribution in [3.8, 4) is 0 Å². The highest BCUT2D eigenvalue weighted by Crippen LogP contribution is 2.66. The van der Waals surface area contributed by atoms with Crippen LogP contribution in [-0.4, -0.2) is 99.9 Å². The second kappa shape index (κ2) is 28.0. The number of hydrogen-bond acceptors (Lipinski definition) is 14. The van der Waals surface area contributed by atoms with Crippen LogP contribution in [0.25, 0.3) is 0 Å². The Labute approximate surface area is 501 Å². The molecule has 0 radical (unpaired) electrons. The predicted octanol–water partition coefficient (Wildman–Crippen LogP) is 11.9. The lowest BCUT2D eigenvalue weighted by Crippen LogP contribution is -2.80. The van der Waals surface area contributed by atoms with E-state index >= 15 is 9.59 Å². The number of carbonyl (C=O) groups excluding carboxylic acids is 7. The summed E-state index contributed by atoms with van der Waals surface area (Å²) in [6.07, 6.45) is 5.89. The second-order valence-corrected chi connectivity index (χ2v) is 24.8. The van der Waals surface area contributed by atoms with E-state index < -0.39 is 125 Å². The number of benzene rings is 3. The first-order valence-electron chi connectivity index (χ1n) is 29.9. The molecule has 15 heteroatoms. The van der Waals surface area contributed by atoms with E-state index in [1.807, 2.05) is 6.92 Å². The highest BCUT2D eigenvalue weighted by Gasteiger charge is 2.77. The van der Waals surface area contributed by atoms with Crippen LogP contribution in [0.5, 0.6) is 0 Å². The van der Waals surface area contributed by atoms with Crippen molar-refractivity contribution in [2.24, 2.45) is 22.7 Å². The lowest BCUT2D eigenvalue weighted by atomic mass is 9.42. The van der Waals surface area contributed by atoms with Gasteiger partial charge in [-0.1, -0.05) is 139 Å². The SMILES string of the molecule is CC(=O)O[C@H]1C(=O)[C@@]2(C)[C@H](C(CC(=O)c3ccccc3)[C@]3(O)CC(OC(=O)C(OC(=O)CCC(C)=CCCC=C(C)CCC=C(C)CCC=C(C)C)[C@@H](NC(=O)c4ccccc4)c4ccccc4)C(C)=C1C3(C)C)[C@]1(OC(C)=O)CO[C@@H]1C[C@@H]2O. The zero-order valence-corrected chi connectivity index (χ0v) is 51.4. The van der Waals surface area contributed by atoms with E-state index in [-0.39, 0.29) is 41.7 Å². The zero-order valence-electron chi connectivity index (χ0n) is 51.4. The zero-order chi connectivity index (χ0) is 62.0. The standard InChI is InChI=1S/C70H87NO14/c1-43(2)25-23-28-45(4)30-24-29-44(3)26-21-22-27-46(5)37-38-58(76)84-62(60(51-33-17-13-18-34-51)71-65(78)52-35-19-14-20-36-52)66(79)83-55-41-70(80)53(39-54(74)50-31-15-12-16-32-50)63-68(11,56(75)40-57-69(63,42-81-57)85-49(8)73)64(77)61(82-48(7)72)59(47(55)6)67(70,9)10/h12-20,25-27,30-36,53,55-57,60-63,75,80H,21-24,28-29,37-42H2,1-11H3,(H,71,78)/t53?,55?,56-,57+,60-,61+,62?,63-,68+,69-,70+/m0/s1. The third-order valence-electron chi connectivity index (χ3n) is 18.2. The van der Waals surface area contributed by atoms with Crippen molar-refractivity contribution in [2.75, 3.05) is 6.61 Å². The van der Waals surface area contributed by atoms with Crippen LogP contribution in [0.4, 0.5) is 0 Å². The summed E-state index contributed by atoms with van der Waals surface area (Å²) in [5.41, 5.74) is -1.36. The van der Waals surface area contributed by atoms with Crippen molar-refractivity contribution >= 4 is 41.4 Å². The molecular formula is C70H87NO14. The molecule has 7 rings (SSSR count). The number of unbranched alkanes of at least 4 members (excludes halogenated alkanes) is 1. The molecule has 1 aliphatic heterocycles. The summed E-state index contributed by atoms with van der Waals surface area (Å²) in [5, 5.41) is 29.5.